The number of anilines is 1. The van der Waals surface area contributed by atoms with Crippen LogP contribution in [0.2, 0.25) is 0 Å². The van der Waals surface area contributed by atoms with Gasteiger partial charge in [-0.2, -0.15) is 5.10 Å². The summed E-state index contributed by atoms with van der Waals surface area (Å²) in [5.74, 6) is 0.747. The zero-order valence-electron chi connectivity index (χ0n) is 9.93. The zero-order valence-corrected chi connectivity index (χ0v) is 11.5. The molecule has 0 aliphatic carbocycles. The molecule has 17 heavy (non-hydrogen) atoms. The summed E-state index contributed by atoms with van der Waals surface area (Å²) in [6.07, 6.45) is 0. The number of hydrogen-bond donors (Lipinski definition) is 3. The van der Waals surface area contributed by atoms with Crippen LogP contribution in [0.25, 0.3) is 11.3 Å². The highest BCUT2D eigenvalue weighted by Crippen LogP contribution is 2.40. The van der Waals surface area contributed by atoms with Crippen LogP contribution in [0, 0.1) is 20.8 Å². The molecule has 0 aliphatic rings. The van der Waals surface area contributed by atoms with Crippen molar-refractivity contribution in [2.75, 3.05) is 5.73 Å². The molecular formula is C12H14BrN3O. The molecule has 5 heteroatoms. The third-order valence-electron chi connectivity index (χ3n) is 3.07. The van der Waals surface area contributed by atoms with Crippen molar-refractivity contribution < 1.29 is 5.11 Å². The Morgan fingerprint density at radius 3 is 2.41 bits per heavy atom. The number of rotatable bonds is 1. The largest absolute Gasteiger partial charge is 0.506 e. The van der Waals surface area contributed by atoms with Crippen LogP contribution in [-0.2, 0) is 0 Å². The summed E-state index contributed by atoms with van der Waals surface area (Å²) in [6, 6.07) is 1.79. The Kier molecular flexibility index (Phi) is 2.87. The van der Waals surface area contributed by atoms with E-state index in [1.165, 1.54) is 0 Å². The Balaban J connectivity index is 2.78. The molecule has 0 aliphatic heterocycles. The summed E-state index contributed by atoms with van der Waals surface area (Å²) < 4.78 is 0.712. The molecule has 1 aromatic carbocycles. The number of phenols is 1. The number of aromatic nitrogens is 2. The number of halogens is 1. The van der Waals surface area contributed by atoms with E-state index in [4.69, 9.17) is 5.73 Å². The summed E-state index contributed by atoms with van der Waals surface area (Å²) in [6.45, 7) is 5.81. The number of H-pyrrole nitrogens is 1. The van der Waals surface area contributed by atoms with Gasteiger partial charge < -0.3 is 10.8 Å². The second-order valence-electron chi connectivity index (χ2n) is 4.12. The van der Waals surface area contributed by atoms with Crippen molar-refractivity contribution in [2.24, 2.45) is 0 Å². The number of hydrogen-bond acceptors (Lipinski definition) is 3. The highest BCUT2D eigenvalue weighted by molar-refractivity contribution is 9.10. The first kappa shape index (κ1) is 12.0. The number of benzene rings is 1. The molecule has 0 spiro atoms. The molecule has 1 heterocycles. The summed E-state index contributed by atoms with van der Waals surface area (Å²) in [5, 5.41) is 16.8. The van der Waals surface area contributed by atoms with Gasteiger partial charge in [-0.15, -0.1) is 0 Å². The van der Waals surface area contributed by atoms with E-state index in [1.807, 2.05) is 20.8 Å². The highest BCUT2D eigenvalue weighted by atomic mass is 79.9. The lowest BCUT2D eigenvalue weighted by Gasteiger charge is -2.15. The molecule has 2 aromatic rings. The van der Waals surface area contributed by atoms with Crippen molar-refractivity contribution in [3.8, 4) is 17.0 Å². The quantitative estimate of drug-likeness (QED) is 0.757. The van der Waals surface area contributed by atoms with E-state index in [-0.39, 0.29) is 5.75 Å². The lowest BCUT2D eigenvalue weighted by Crippen LogP contribution is -1.94. The van der Waals surface area contributed by atoms with Crippen LogP contribution in [0.4, 0.5) is 5.82 Å². The molecule has 0 unspecified atom stereocenters. The minimum atomic E-state index is 0.288. The van der Waals surface area contributed by atoms with Crippen LogP contribution in [-0.4, -0.2) is 15.3 Å². The molecule has 4 N–H and O–H groups in total. The van der Waals surface area contributed by atoms with Gasteiger partial charge in [-0.05, 0) is 53.4 Å². The maximum absolute atomic E-state index is 9.95. The van der Waals surface area contributed by atoms with Crippen LogP contribution in [0.1, 0.15) is 16.7 Å². The van der Waals surface area contributed by atoms with Gasteiger partial charge in [0.15, 0.2) is 0 Å². The fourth-order valence-corrected chi connectivity index (χ4v) is 2.46. The van der Waals surface area contributed by atoms with Crippen LogP contribution in [0.5, 0.6) is 5.75 Å². The summed E-state index contributed by atoms with van der Waals surface area (Å²) in [5.41, 5.74) is 10.3. The molecule has 0 radical (unpaired) electrons. The normalized spacial score (nSPS) is 10.8. The Morgan fingerprint density at radius 2 is 1.88 bits per heavy atom. The van der Waals surface area contributed by atoms with Gasteiger partial charge in [0.05, 0.1) is 10.2 Å². The van der Waals surface area contributed by atoms with Gasteiger partial charge in [-0.1, -0.05) is 0 Å². The molecule has 0 bridgehead atoms. The summed E-state index contributed by atoms with van der Waals surface area (Å²) in [4.78, 5) is 0. The third kappa shape index (κ3) is 1.80. The second-order valence-corrected chi connectivity index (χ2v) is 4.91. The fraction of sp³-hybridized carbons (Fsp3) is 0.250. The Labute approximate surface area is 108 Å². The van der Waals surface area contributed by atoms with Crippen LogP contribution < -0.4 is 5.73 Å². The van der Waals surface area contributed by atoms with E-state index in [0.717, 1.165) is 27.9 Å². The van der Waals surface area contributed by atoms with Gasteiger partial charge in [0, 0.05) is 11.6 Å². The van der Waals surface area contributed by atoms with Crippen LogP contribution in [0.15, 0.2) is 10.5 Å². The van der Waals surface area contributed by atoms with Crippen molar-refractivity contribution in [2.45, 2.75) is 20.8 Å². The first-order valence-corrected chi connectivity index (χ1v) is 6.02. The van der Waals surface area contributed by atoms with E-state index in [2.05, 4.69) is 26.1 Å². The van der Waals surface area contributed by atoms with Crippen molar-refractivity contribution in [1.82, 2.24) is 10.2 Å². The Bertz CT molecular complexity index is 561. The van der Waals surface area contributed by atoms with Crippen molar-refractivity contribution in [3.63, 3.8) is 0 Å². The fourth-order valence-electron chi connectivity index (χ4n) is 1.97. The van der Waals surface area contributed by atoms with Gasteiger partial charge in [0.1, 0.15) is 11.6 Å². The molecule has 2 rings (SSSR count). The molecule has 1 aromatic heterocycles. The predicted molar refractivity (Wildman–Crippen MR) is 72.0 cm³/mol. The van der Waals surface area contributed by atoms with E-state index in [1.54, 1.807) is 6.07 Å². The van der Waals surface area contributed by atoms with E-state index >= 15 is 0 Å². The van der Waals surface area contributed by atoms with Crippen molar-refractivity contribution in [1.29, 1.82) is 0 Å². The molecule has 90 valence electrons. The second kappa shape index (κ2) is 4.07. The number of aromatic hydroxyl groups is 1. The van der Waals surface area contributed by atoms with E-state index in [9.17, 15) is 5.11 Å². The lowest BCUT2D eigenvalue weighted by atomic mass is 9.95. The van der Waals surface area contributed by atoms with E-state index in [0.29, 0.717) is 10.3 Å². The number of aromatic amines is 1. The lowest BCUT2D eigenvalue weighted by molar-refractivity contribution is 0.466. The topological polar surface area (TPSA) is 74.9 Å². The molecule has 0 atom stereocenters. The standard InChI is InChI=1S/C12H14BrN3O/c1-5-6(2)12(17)11(13)7(3)10(5)8-4-9(14)16-15-8/h4,17H,1-3H3,(H3,14,15,16). The van der Waals surface area contributed by atoms with Gasteiger partial charge in [-0.25, -0.2) is 0 Å². The van der Waals surface area contributed by atoms with Crippen LogP contribution >= 0.6 is 15.9 Å². The summed E-state index contributed by atoms with van der Waals surface area (Å²) in [7, 11) is 0. The SMILES string of the molecule is Cc1c(C)c(-c2cc(N)n[nH]2)c(C)c(Br)c1O. The first-order chi connectivity index (χ1) is 7.93. The number of nitrogens with one attached hydrogen (secondary N) is 1. The first-order valence-electron chi connectivity index (χ1n) is 5.23. The molecule has 0 saturated carbocycles. The van der Waals surface area contributed by atoms with Gasteiger partial charge in [-0.3, -0.25) is 5.10 Å². The number of nitrogens with two attached hydrogens (primary N) is 1. The van der Waals surface area contributed by atoms with E-state index < -0.39 is 0 Å². The van der Waals surface area contributed by atoms with Crippen molar-refractivity contribution >= 4 is 21.7 Å². The molecule has 4 nitrogen and oxygen atoms in total. The molecule has 0 saturated heterocycles. The smallest absolute Gasteiger partial charge is 0.145 e. The average molecular weight is 296 g/mol. The predicted octanol–water partition coefficient (Wildman–Crippen LogP) is 3.05. The monoisotopic (exact) mass is 295 g/mol. The summed E-state index contributed by atoms with van der Waals surface area (Å²) >= 11 is 3.40. The van der Waals surface area contributed by atoms with Gasteiger partial charge in [0.25, 0.3) is 0 Å². The molecule has 0 amide bonds. The molecular weight excluding hydrogens is 282 g/mol. The maximum Gasteiger partial charge on any atom is 0.145 e. The van der Waals surface area contributed by atoms with Gasteiger partial charge >= 0.3 is 0 Å². The van der Waals surface area contributed by atoms with Crippen LogP contribution in [0.3, 0.4) is 0 Å². The van der Waals surface area contributed by atoms with Gasteiger partial charge in [0.2, 0.25) is 0 Å². The molecule has 0 fully saturated rings. The van der Waals surface area contributed by atoms with Crippen molar-refractivity contribution in [3.05, 3.63) is 27.2 Å². The average Bonchev–Trinajstić information content (AvgIpc) is 2.71. The third-order valence-corrected chi connectivity index (χ3v) is 4.04. The Hall–Kier alpha value is -1.49. The zero-order chi connectivity index (χ0) is 12.7. The minimum absolute atomic E-state index is 0.288. The number of phenolic OH excluding ortho intramolecular Hbond substituents is 1. The minimum Gasteiger partial charge on any atom is -0.506 e. The maximum atomic E-state index is 9.95. The number of nitrogen functional groups attached to an aromatic ring is 1. The highest BCUT2D eigenvalue weighted by Gasteiger charge is 2.17. The number of nitrogens with zero attached hydrogens (tertiary/aromatic N) is 1. The Morgan fingerprint density at radius 1 is 1.24 bits per heavy atom.